The molecule has 2 aromatic rings. The second kappa shape index (κ2) is 6.85. The first-order valence-electron chi connectivity index (χ1n) is 8.06. The van der Waals surface area contributed by atoms with Gasteiger partial charge in [-0.2, -0.15) is 5.10 Å². The van der Waals surface area contributed by atoms with Crippen LogP contribution in [0.4, 0.5) is 0 Å². The van der Waals surface area contributed by atoms with Crippen LogP contribution in [0, 0.1) is 12.8 Å². The van der Waals surface area contributed by atoms with Crippen molar-refractivity contribution in [3.05, 3.63) is 52.3 Å². The number of nitrogens with zero attached hydrogens (tertiary/aromatic N) is 3. The minimum absolute atomic E-state index is 0.138. The quantitative estimate of drug-likeness (QED) is 0.805. The van der Waals surface area contributed by atoms with Crippen molar-refractivity contribution in [1.29, 1.82) is 0 Å². The summed E-state index contributed by atoms with van der Waals surface area (Å²) < 4.78 is 1.72. The summed E-state index contributed by atoms with van der Waals surface area (Å²) in [6, 6.07) is 9.62. The Morgan fingerprint density at radius 3 is 2.48 bits per heavy atom. The van der Waals surface area contributed by atoms with Crippen molar-refractivity contribution in [1.82, 2.24) is 14.7 Å². The molecular formula is C18H22ClN3O. The minimum atomic E-state index is 0.138. The fraction of sp³-hybridized carbons (Fsp3) is 0.444. The summed E-state index contributed by atoms with van der Waals surface area (Å²) in [4.78, 5) is 14.9. The Labute approximate surface area is 142 Å². The molecule has 1 aliphatic rings. The molecule has 1 aromatic carbocycles. The third-order valence-corrected chi connectivity index (χ3v) is 5.14. The van der Waals surface area contributed by atoms with Crippen molar-refractivity contribution in [3.8, 4) is 0 Å². The molecule has 0 bridgehead atoms. The number of carbonyl (C=O) groups is 1. The van der Waals surface area contributed by atoms with E-state index in [0.717, 1.165) is 49.3 Å². The number of hydrogen-bond donors (Lipinski definition) is 0. The fourth-order valence-corrected chi connectivity index (χ4v) is 3.50. The molecular weight excluding hydrogens is 310 g/mol. The molecule has 1 aliphatic heterocycles. The maximum atomic E-state index is 12.5. The van der Waals surface area contributed by atoms with Gasteiger partial charge in [-0.15, -0.1) is 0 Å². The second-order valence-electron chi connectivity index (χ2n) is 6.26. The zero-order chi connectivity index (χ0) is 16.4. The molecule has 0 spiro atoms. The number of Topliss-reactive ketones (excluding diaryl/α,β-unsaturated/α-hetero) is 1. The van der Waals surface area contributed by atoms with Crippen LogP contribution in [0.1, 0.15) is 34.5 Å². The van der Waals surface area contributed by atoms with Gasteiger partial charge in [0.2, 0.25) is 0 Å². The first kappa shape index (κ1) is 16.2. The molecule has 122 valence electrons. The first-order valence-corrected chi connectivity index (χ1v) is 8.43. The Hall–Kier alpha value is -1.65. The number of benzene rings is 1. The Balaban J connectivity index is 1.59. The van der Waals surface area contributed by atoms with E-state index in [2.05, 4.69) is 10.00 Å². The van der Waals surface area contributed by atoms with Crippen LogP contribution in [-0.2, 0) is 13.6 Å². The van der Waals surface area contributed by atoms with Gasteiger partial charge in [0, 0.05) is 30.6 Å². The number of aryl methyl sites for hydroxylation is 2. The Morgan fingerprint density at radius 1 is 1.26 bits per heavy atom. The summed E-state index contributed by atoms with van der Waals surface area (Å²) in [5.74, 6) is 0.417. The van der Waals surface area contributed by atoms with E-state index < -0.39 is 0 Å². The summed E-state index contributed by atoms with van der Waals surface area (Å²) in [7, 11) is 1.86. The third kappa shape index (κ3) is 3.48. The maximum Gasteiger partial charge on any atom is 0.166 e. The van der Waals surface area contributed by atoms with E-state index in [-0.39, 0.29) is 11.7 Å². The zero-order valence-corrected chi connectivity index (χ0v) is 14.4. The molecule has 4 nitrogen and oxygen atoms in total. The summed E-state index contributed by atoms with van der Waals surface area (Å²) in [5.41, 5.74) is 2.92. The highest BCUT2D eigenvalue weighted by Crippen LogP contribution is 2.26. The van der Waals surface area contributed by atoms with E-state index in [1.54, 1.807) is 4.68 Å². The van der Waals surface area contributed by atoms with Gasteiger partial charge in [0.25, 0.3) is 0 Å². The van der Waals surface area contributed by atoms with E-state index in [0.29, 0.717) is 5.15 Å². The number of halogens is 1. The molecule has 0 amide bonds. The van der Waals surface area contributed by atoms with Gasteiger partial charge in [-0.25, -0.2) is 0 Å². The van der Waals surface area contributed by atoms with Crippen molar-refractivity contribution in [2.75, 3.05) is 13.1 Å². The van der Waals surface area contributed by atoms with Crippen LogP contribution in [0.25, 0.3) is 0 Å². The number of aromatic nitrogens is 2. The van der Waals surface area contributed by atoms with Gasteiger partial charge in [-0.05, 0) is 32.9 Å². The van der Waals surface area contributed by atoms with Gasteiger partial charge < -0.3 is 0 Å². The van der Waals surface area contributed by atoms with Crippen molar-refractivity contribution in [2.24, 2.45) is 13.0 Å². The number of hydrogen-bond acceptors (Lipinski definition) is 3. The van der Waals surface area contributed by atoms with E-state index in [4.69, 9.17) is 11.6 Å². The molecule has 0 aliphatic carbocycles. The average molecular weight is 332 g/mol. The second-order valence-corrected chi connectivity index (χ2v) is 6.62. The third-order valence-electron chi connectivity index (χ3n) is 4.67. The van der Waals surface area contributed by atoms with Gasteiger partial charge >= 0.3 is 0 Å². The van der Waals surface area contributed by atoms with Crippen LogP contribution in [0.5, 0.6) is 0 Å². The van der Waals surface area contributed by atoms with Gasteiger partial charge in [0.1, 0.15) is 5.15 Å². The average Bonchev–Trinajstić information content (AvgIpc) is 2.82. The zero-order valence-electron chi connectivity index (χ0n) is 13.6. The predicted molar refractivity (Wildman–Crippen MR) is 91.7 cm³/mol. The Kier molecular flexibility index (Phi) is 4.83. The van der Waals surface area contributed by atoms with Gasteiger partial charge in [0.15, 0.2) is 5.78 Å². The lowest BCUT2D eigenvalue weighted by molar-refractivity contribution is 0.0834. The number of rotatable bonds is 4. The first-order chi connectivity index (χ1) is 11.1. The topological polar surface area (TPSA) is 38.1 Å². The molecule has 0 unspecified atom stereocenters. The van der Waals surface area contributed by atoms with Crippen molar-refractivity contribution < 1.29 is 4.79 Å². The fourth-order valence-electron chi connectivity index (χ4n) is 3.27. The van der Waals surface area contributed by atoms with Crippen LogP contribution in [0.3, 0.4) is 0 Å². The molecule has 23 heavy (non-hydrogen) atoms. The lowest BCUT2D eigenvalue weighted by Gasteiger charge is -2.31. The van der Waals surface area contributed by atoms with Gasteiger partial charge in [-0.3, -0.25) is 14.4 Å². The van der Waals surface area contributed by atoms with Crippen LogP contribution >= 0.6 is 11.6 Å². The maximum absolute atomic E-state index is 12.5. The van der Waals surface area contributed by atoms with E-state index in [1.807, 2.05) is 44.3 Å². The van der Waals surface area contributed by atoms with Gasteiger partial charge in [-0.1, -0.05) is 41.9 Å². The van der Waals surface area contributed by atoms with Crippen LogP contribution in [0.15, 0.2) is 30.3 Å². The molecule has 1 aromatic heterocycles. The van der Waals surface area contributed by atoms with Crippen LogP contribution in [0.2, 0.25) is 5.15 Å². The smallest absolute Gasteiger partial charge is 0.166 e. The Bertz CT molecular complexity index is 688. The molecule has 2 heterocycles. The van der Waals surface area contributed by atoms with Crippen molar-refractivity contribution in [2.45, 2.75) is 26.3 Å². The van der Waals surface area contributed by atoms with E-state index >= 15 is 0 Å². The molecule has 1 fully saturated rings. The number of likely N-dealkylation sites (tertiary alicyclic amines) is 1. The van der Waals surface area contributed by atoms with Crippen LogP contribution in [-0.4, -0.2) is 33.6 Å². The lowest BCUT2D eigenvalue weighted by atomic mass is 9.89. The monoisotopic (exact) mass is 331 g/mol. The predicted octanol–water partition coefficient (Wildman–Crippen LogP) is 3.48. The lowest BCUT2D eigenvalue weighted by Crippen LogP contribution is -2.36. The minimum Gasteiger partial charge on any atom is -0.299 e. The highest BCUT2D eigenvalue weighted by atomic mass is 35.5. The molecule has 5 heteroatoms. The Morgan fingerprint density at radius 2 is 1.91 bits per heavy atom. The van der Waals surface area contributed by atoms with Crippen molar-refractivity contribution in [3.63, 3.8) is 0 Å². The molecule has 0 saturated carbocycles. The number of carbonyl (C=O) groups excluding carboxylic acids is 1. The van der Waals surface area contributed by atoms with E-state index in [1.165, 1.54) is 0 Å². The van der Waals surface area contributed by atoms with Crippen LogP contribution < -0.4 is 0 Å². The SMILES string of the molecule is Cc1nn(C)c(Cl)c1CN1CCC(C(=O)c2ccccc2)CC1. The van der Waals surface area contributed by atoms with Gasteiger partial charge in [0.05, 0.1) is 5.69 Å². The number of ketones is 1. The molecule has 0 N–H and O–H groups in total. The number of piperidine rings is 1. The highest BCUT2D eigenvalue weighted by molar-refractivity contribution is 6.30. The molecule has 3 rings (SSSR count). The summed E-state index contributed by atoms with van der Waals surface area (Å²) >= 11 is 6.31. The highest BCUT2D eigenvalue weighted by Gasteiger charge is 2.26. The van der Waals surface area contributed by atoms with Crippen molar-refractivity contribution >= 4 is 17.4 Å². The standard InChI is InChI=1S/C18H22ClN3O/c1-13-16(18(19)21(2)20-13)12-22-10-8-15(9-11-22)17(23)14-6-4-3-5-7-14/h3-7,15H,8-12H2,1-2H3. The molecule has 0 atom stereocenters. The molecule has 1 saturated heterocycles. The molecule has 0 radical (unpaired) electrons. The van der Waals surface area contributed by atoms with E-state index in [9.17, 15) is 4.79 Å². The summed E-state index contributed by atoms with van der Waals surface area (Å²) in [5, 5.41) is 5.08. The summed E-state index contributed by atoms with van der Waals surface area (Å²) in [6.45, 7) is 4.65. The normalized spacial score (nSPS) is 16.7. The summed E-state index contributed by atoms with van der Waals surface area (Å²) in [6.07, 6.45) is 1.81. The largest absolute Gasteiger partial charge is 0.299 e.